The minimum atomic E-state index is -0.707. The minimum Gasteiger partial charge on any atom is -0.508 e. The zero-order chi connectivity index (χ0) is 52.5. The van der Waals surface area contributed by atoms with Gasteiger partial charge in [0.15, 0.2) is 5.82 Å². The molecule has 74 heavy (non-hydrogen) atoms. The molecule has 2 bridgehead atoms. The lowest BCUT2D eigenvalue weighted by atomic mass is 9.96. The number of ether oxygens (including phenoxy) is 1. The number of terminal acetylenes is 1. The van der Waals surface area contributed by atoms with Gasteiger partial charge in [-0.2, -0.15) is 9.97 Å². The molecule has 0 spiro atoms. The number of carbonyl (C=O) groups excluding carboxylic acids is 4. The van der Waals surface area contributed by atoms with E-state index in [9.17, 15) is 23.9 Å². The number of halogens is 2. The van der Waals surface area contributed by atoms with Crippen LogP contribution in [0, 0.1) is 29.4 Å². The van der Waals surface area contributed by atoms with E-state index in [4.69, 9.17) is 20.9 Å². The van der Waals surface area contributed by atoms with Crippen LogP contribution in [0.3, 0.4) is 0 Å². The number of aromatic nitrogens is 4. The zero-order valence-corrected chi connectivity index (χ0v) is 42.4. The number of benzene rings is 2. The molecule has 20 heteroatoms. The maximum Gasteiger partial charge on any atom is 0.319 e. The smallest absolute Gasteiger partial charge is 0.319 e. The van der Waals surface area contributed by atoms with Gasteiger partial charge < -0.3 is 55.0 Å². The van der Waals surface area contributed by atoms with Gasteiger partial charge >= 0.3 is 6.01 Å². The van der Waals surface area contributed by atoms with E-state index < -0.39 is 17.7 Å². The molecule has 5 fully saturated rings. The molecule has 4 saturated heterocycles. The average molecular weight is 1020 g/mol. The van der Waals surface area contributed by atoms with E-state index in [1.165, 1.54) is 24.3 Å². The number of hydrogen-bond donors (Lipinski definition) is 4. The van der Waals surface area contributed by atoms with Crippen LogP contribution in [-0.4, -0.2) is 182 Å². The fourth-order valence-corrected chi connectivity index (χ4v) is 10.4. The number of phenolic OH excluding ortho intramolecular Hbond substituents is 1. The number of anilines is 2. The first-order chi connectivity index (χ1) is 35.9. The summed E-state index contributed by atoms with van der Waals surface area (Å²) in [5.41, 5.74) is 1.43. The maximum atomic E-state index is 16.8. The number of hydrogen-bond acceptors (Lipinski definition) is 16. The number of carbonyl (C=O) groups is 4. The topological polar surface area (TPSA) is 202 Å². The quantitative estimate of drug-likeness (QED) is 0.0865. The predicted molar refractivity (Wildman–Crippen MR) is 279 cm³/mol. The van der Waals surface area contributed by atoms with Gasteiger partial charge in [0.25, 0.3) is 5.91 Å². The fraction of sp³-hybridized carbons (Fsp3) is 0.481. The third kappa shape index (κ3) is 12.2. The first-order valence-corrected chi connectivity index (χ1v) is 25.4. The van der Waals surface area contributed by atoms with Crippen molar-refractivity contribution in [2.24, 2.45) is 5.41 Å². The Kier molecular flexibility index (Phi) is 17.3. The zero-order valence-electron chi connectivity index (χ0n) is 42.4. The highest BCUT2D eigenvalue weighted by Gasteiger charge is 2.45. The molecule has 18 nitrogen and oxygen atoms in total. The number of rotatable bonds is 15. The van der Waals surface area contributed by atoms with Gasteiger partial charge in [-0.1, -0.05) is 25.3 Å². The molecule has 2 aromatic carbocycles. The highest BCUT2D eigenvalue weighted by molar-refractivity contribution is 6.03. The SMILES string of the molecule is C#Cc1c(F)ccc2cc(O)cc(-c3ncc4c(N5CC6CCC(C5)N6)nc(OCC5(CN6CCN(C)CC6)CC5)nc4c3F)c12.C=O.CCCC(NC(=O)c1ccc(N2CCN(CC=O)CC2)cn1)C(=O)NC. The van der Waals surface area contributed by atoms with Crippen LogP contribution in [-0.2, 0) is 14.4 Å². The van der Waals surface area contributed by atoms with Crippen molar-refractivity contribution >= 4 is 58.1 Å². The van der Waals surface area contributed by atoms with Gasteiger partial charge in [0, 0.05) is 114 Å². The summed E-state index contributed by atoms with van der Waals surface area (Å²) >= 11 is 0. The van der Waals surface area contributed by atoms with Crippen molar-refractivity contribution in [1.82, 2.24) is 50.6 Å². The molecule has 1 saturated carbocycles. The second-order valence-electron chi connectivity index (χ2n) is 19.9. The van der Waals surface area contributed by atoms with Crippen molar-refractivity contribution < 1.29 is 37.8 Å². The van der Waals surface area contributed by atoms with Gasteiger partial charge in [0.05, 0.1) is 36.0 Å². The van der Waals surface area contributed by atoms with Crippen LogP contribution in [0.4, 0.5) is 20.3 Å². The number of nitrogens with one attached hydrogen (secondary N) is 3. The molecule has 5 aliphatic rings. The summed E-state index contributed by atoms with van der Waals surface area (Å²) in [6, 6.07) is 9.37. The van der Waals surface area contributed by atoms with Crippen LogP contribution in [0.15, 0.2) is 48.8 Å². The molecule has 3 atom stereocenters. The molecule has 1 aliphatic carbocycles. The molecular weight excluding hydrogens is 951 g/mol. The van der Waals surface area contributed by atoms with Crippen molar-refractivity contribution in [3.05, 3.63) is 71.7 Å². The van der Waals surface area contributed by atoms with E-state index in [1.54, 1.807) is 25.5 Å². The standard InChI is InChI=1S/C35H37F2N7O2.C18H27N5O3.CH2O/c1-3-25-28(36)7-4-21-14-24(45)15-26(29(21)25)31-30(37)32-27(16-38-31)33(44-17-22-5-6-23(18-44)39-22)41-34(40-32)46-20-35(8-9-35)19-43-12-10-42(2)11-13-43;1-3-4-16(17(25)19-2)21-18(26)15-6-5-14(13-20-15)23-9-7-22(8-10-23)11-12-24;1-2/h1,4,7,14-16,22-23,39,45H,5-6,8-13,17-20H2,2H3;5-6,12-13,16H,3-4,7-11H2,1-2H3,(H,19,25)(H,21,26);1H2. The Bertz CT molecular complexity index is 2840. The number of likely N-dealkylation sites (N-methyl/N-ethyl adjacent to an activating group) is 2. The number of pyridine rings is 2. The van der Waals surface area contributed by atoms with Crippen LogP contribution < -0.4 is 30.5 Å². The second kappa shape index (κ2) is 24.0. The first-order valence-electron chi connectivity index (χ1n) is 25.4. The molecule has 3 aromatic heterocycles. The van der Waals surface area contributed by atoms with E-state index in [0.717, 1.165) is 116 Å². The molecule has 5 aromatic rings. The normalized spacial score (nSPS) is 19.8. The molecule has 4 N–H and O–H groups in total. The molecule has 392 valence electrons. The number of amides is 2. The monoisotopic (exact) mass is 1020 g/mol. The van der Waals surface area contributed by atoms with E-state index >= 15 is 4.39 Å². The summed E-state index contributed by atoms with van der Waals surface area (Å²) in [5.74, 6) is 1.01. The number of phenols is 1. The Morgan fingerprint density at radius 1 is 0.973 bits per heavy atom. The molecule has 4 aliphatic heterocycles. The van der Waals surface area contributed by atoms with E-state index in [-0.39, 0.29) is 51.3 Å². The van der Waals surface area contributed by atoms with Crippen molar-refractivity contribution in [2.45, 2.75) is 63.6 Å². The first kappa shape index (κ1) is 53.4. The highest BCUT2D eigenvalue weighted by atomic mass is 19.1. The summed E-state index contributed by atoms with van der Waals surface area (Å²) < 4.78 is 38.0. The van der Waals surface area contributed by atoms with E-state index in [0.29, 0.717) is 59.3 Å². The van der Waals surface area contributed by atoms with Gasteiger partial charge in [-0.05, 0) is 74.9 Å². The summed E-state index contributed by atoms with van der Waals surface area (Å²) in [6.07, 6.45) is 15.5. The molecular formula is C54H66F2N12O6. The van der Waals surface area contributed by atoms with Gasteiger partial charge in [0.2, 0.25) is 5.91 Å². The Labute approximate surface area is 430 Å². The Morgan fingerprint density at radius 3 is 2.32 bits per heavy atom. The number of aromatic hydroxyl groups is 1. The van der Waals surface area contributed by atoms with Crippen LogP contribution in [0.25, 0.3) is 32.9 Å². The van der Waals surface area contributed by atoms with Gasteiger partial charge in [-0.3, -0.25) is 19.5 Å². The molecule has 0 radical (unpaired) electrons. The van der Waals surface area contributed by atoms with Crippen molar-refractivity contribution in [2.75, 3.05) is 109 Å². The van der Waals surface area contributed by atoms with E-state index in [1.807, 2.05) is 19.8 Å². The number of piperazine rings is 3. The highest BCUT2D eigenvalue weighted by Crippen LogP contribution is 2.47. The predicted octanol–water partition coefficient (Wildman–Crippen LogP) is 4.02. The van der Waals surface area contributed by atoms with Crippen LogP contribution in [0.5, 0.6) is 11.8 Å². The number of aldehydes is 1. The summed E-state index contributed by atoms with van der Waals surface area (Å²) in [6.45, 7) is 14.8. The lowest BCUT2D eigenvalue weighted by Crippen LogP contribution is -2.51. The summed E-state index contributed by atoms with van der Waals surface area (Å²) in [4.78, 5) is 72.4. The number of nitrogens with zero attached hydrogens (tertiary/aromatic N) is 9. The lowest BCUT2D eigenvalue weighted by Gasteiger charge is -2.35. The van der Waals surface area contributed by atoms with Crippen molar-refractivity contribution in [1.29, 1.82) is 0 Å². The maximum absolute atomic E-state index is 16.8. The largest absolute Gasteiger partial charge is 0.508 e. The fourth-order valence-electron chi connectivity index (χ4n) is 10.4. The van der Waals surface area contributed by atoms with Crippen molar-refractivity contribution in [3.63, 3.8) is 0 Å². The van der Waals surface area contributed by atoms with Crippen LogP contribution in [0.1, 0.15) is 61.5 Å². The molecule has 2 amide bonds. The molecule has 7 heterocycles. The van der Waals surface area contributed by atoms with Crippen molar-refractivity contribution in [3.8, 4) is 35.4 Å². The summed E-state index contributed by atoms with van der Waals surface area (Å²) in [5, 5.41) is 20.7. The van der Waals surface area contributed by atoms with Crippen LogP contribution in [0.2, 0.25) is 0 Å². The second-order valence-corrected chi connectivity index (χ2v) is 19.9. The Hall–Kier alpha value is -6.92. The molecule has 3 unspecified atom stereocenters. The van der Waals surface area contributed by atoms with Gasteiger partial charge in [0.1, 0.15) is 53.4 Å². The van der Waals surface area contributed by atoms with Gasteiger partial charge in [-0.15, -0.1) is 6.42 Å². The minimum absolute atomic E-state index is 0.0208. The Balaban J connectivity index is 0.000000222. The summed E-state index contributed by atoms with van der Waals surface area (Å²) in [7, 11) is 3.71. The average Bonchev–Trinajstić information content (AvgIpc) is 4.11. The van der Waals surface area contributed by atoms with E-state index in [2.05, 4.69) is 68.4 Å². The molecule has 10 rings (SSSR count). The third-order valence-corrected chi connectivity index (χ3v) is 14.7. The Morgan fingerprint density at radius 2 is 1.69 bits per heavy atom. The number of fused-ring (bicyclic) bond motifs is 4. The van der Waals surface area contributed by atoms with Crippen LogP contribution >= 0.6 is 0 Å². The third-order valence-electron chi connectivity index (χ3n) is 14.7. The lowest BCUT2D eigenvalue weighted by molar-refractivity contribution is -0.122. The van der Waals surface area contributed by atoms with Gasteiger partial charge in [-0.25, -0.2) is 13.8 Å².